The Hall–Kier alpha value is -1.95. The van der Waals surface area contributed by atoms with Crippen LogP contribution in [-0.2, 0) is 6.54 Å². The zero-order valence-electron chi connectivity index (χ0n) is 13.3. The van der Waals surface area contributed by atoms with E-state index in [9.17, 15) is 9.59 Å². The van der Waals surface area contributed by atoms with Crippen LogP contribution in [0.2, 0.25) is 0 Å². The van der Waals surface area contributed by atoms with E-state index < -0.39 is 0 Å². The average Bonchev–Trinajstić information content (AvgIpc) is 2.46. The average molecular weight is 319 g/mol. The molecule has 2 N–H and O–H groups in total. The molecular formula is C16H21N3O2S. The van der Waals surface area contributed by atoms with E-state index in [2.05, 4.69) is 24.1 Å². The van der Waals surface area contributed by atoms with Crippen molar-refractivity contribution in [2.45, 2.75) is 40.3 Å². The minimum absolute atomic E-state index is 0.0785. The molecule has 1 aromatic carbocycles. The fourth-order valence-corrected chi connectivity index (χ4v) is 2.46. The summed E-state index contributed by atoms with van der Waals surface area (Å²) in [6, 6.07) is 5.09. The van der Waals surface area contributed by atoms with Gasteiger partial charge in [-0.2, -0.15) is 0 Å². The summed E-state index contributed by atoms with van der Waals surface area (Å²) in [6.45, 7) is 8.45. The summed E-state index contributed by atoms with van der Waals surface area (Å²) in [5.74, 6) is 0.203. The first kappa shape index (κ1) is 16.4. The number of nitrogens with zero attached hydrogens (tertiary/aromatic N) is 1. The van der Waals surface area contributed by atoms with Crippen molar-refractivity contribution in [1.82, 2.24) is 14.9 Å². The molecule has 1 amide bonds. The van der Waals surface area contributed by atoms with Gasteiger partial charge in [-0.05, 0) is 50.2 Å². The first-order chi connectivity index (χ1) is 10.3. The Kier molecular flexibility index (Phi) is 4.81. The van der Waals surface area contributed by atoms with E-state index in [1.54, 1.807) is 18.2 Å². The number of amides is 1. The van der Waals surface area contributed by atoms with Gasteiger partial charge in [-0.15, -0.1) is 0 Å². The molecule has 22 heavy (non-hydrogen) atoms. The molecule has 0 saturated heterocycles. The van der Waals surface area contributed by atoms with Crippen molar-refractivity contribution in [3.05, 3.63) is 38.9 Å². The monoisotopic (exact) mass is 319 g/mol. The van der Waals surface area contributed by atoms with Crippen LogP contribution in [0.15, 0.2) is 23.0 Å². The lowest BCUT2D eigenvalue weighted by atomic mass is 10.1. The Labute approximate surface area is 134 Å². The Morgan fingerprint density at radius 1 is 1.36 bits per heavy atom. The van der Waals surface area contributed by atoms with E-state index in [1.807, 2.05) is 13.8 Å². The van der Waals surface area contributed by atoms with Crippen molar-refractivity contribution >= 4 is 29.0 Å². The van der Waals surface area contributed by atoms with Gasteiger partial charge in [0.2, 0.25) is 0 Å². The second-order valence-corrected chi connectivity index (χ2v) is 6.13. The minimum Gasteiger partial charge on any atom is -0.349 e. The summed E-state index contributed by atoms with van der Waals surface area (Å²) >= 11 is 5.19. The number of rotatable bonds is 4. The number of aromatic amines is 1. The normalized spacial score (nSPS) is 12.6. The van der Waals surface area contributed by atoms with Gasteiger partial charge in [0.05, 0.1) is 10.9 Å². The van der Waals surface area contributed by atoms with Crippen molar-refractivity contribution in [1.29, 1.82) is 0 Å². The number of hydrogen-bond donors (Lipinski definition) is 2. The second kappa shape index (κ2) is 6.44. The highest BCUT2D eigenvalue weighted by molar-refractivity contribution is 7.71. The highest BCUT2D eigenvalue weighted by Gasteiger charge is 2.14. The SMILES string of the molecule is CCn1c(=S)[nH]c2cc(C(=O)NC(C)C(C)C)ccc2c1=O. The number of carbonyl (C=O) groups excluding carboxylic acids is 1. The van der Waals surface area contributed by atoms with Gasteiger partial charge in [0.25, 0.3) is 11.5 Å². The number of carbonyl (C=O) groups is 1. The molecule has 0 radical (unpaired) electrons. The highest BCUT2D eigenvalue weighted by Crippen LogP contribution is 2.12. The second-order valence-electron chi connectivity index (χ2n) is 5.75. The molecule has 1 heterocycles. The summed E-state index contributed by atoms with van der Waals surface area (Å²) in [5.41, 5.74) is 0.965. The Balaban J connectivity index is 2.46. The fourth-order valence-electron chi connectivity index (χ4n) is 2.14. The van der Waals surface area contributed by atoms with Crippen molar-refractivity contribution in [2.75, 3.05) is 0 Å². The van der Waals surface area contributed by atoms with Gasteiger partial charge >= 0.3 is 0 Å². The van der Waals surface area contributed by atoms with Gasteiger partial charge in [0.1, 0.15) is 0 Å². The molecule has 0 bridgehead atoms. The number of hydrogen-bond acceptors (Lipinski definition) is 3. The molecule has 1 unspecified atom stereocenters. The van der Waals surface area contributed by atoms with Crippen LogP contribution in [0, 0.1) is 10.7 Å². The quantitative estimate of drug-likeness (QED) is 0.852. The summed E-state index contributed by atoms with van der Waals surface area (Å²) < 4.78 is 1.87. The van der Waals surface area contributed by atoms with Crippen LogP contribution in [0.4, 0.5) is 0 Å². The zero-order valence-corrected chi connectivity index (χ0v) is 14.1. The van der Waals surface area contributed by atoms with Crippen molar-refractivity contribution < 1.29 is 4.79 Å². The fraction of sp³-hybridized carbons (Fsp3) is 0.438. The number of H-pyrrole nitrogens is 1. The van der Waals surface area contributed by atoms with Crippen LogP contribution in [0.5, 0.6) is 0 Å². The highest BCUT2D eigenvalue weighted by atomic mass is 32.1. The largest absolute Gasteiger partial charge is 0.349 e. The van der Waals surface area contributed by atoms with Crippen molar-refractivity contribution in [3.63, 3.8) is 0 Å². The lowest BCUT2D eigenvalue weighted by Gasteiger charge is -2.17. The van der Waals surface area contributed by atoms with Crippen LogP contribution >= 0.6 is 12.2 Å². The van der Waals surface area contributed by atoms with Gasteiger partial charge in [0, 0.05) is 18.2 Å². The van der Waals surface area contributed by atoms with E-state index in [0.717, 1.165) is 0 Å². The van der Waals surface area contributed by atoms with E-state index in [1.165, 1.54) is 4.57 Å². The van der Waals surface area contributed by atoms with Gasteiger partial charge < -0.3 is 10.3 Å². The molecule has 6 heteroatoms. The number of aromatic nitrogens is 2. The standard InChI is InChI=1S/C16H21N3O2S/c1-5-19-15(21)12-7-6-11(8-13(12)18-16(19)22)14(20)17-10(4)9(2)3/h6-10H,5H2,1-4H3,(H,17,20)(H,18,22). The zero-order chi connectivity index (χ0) is 16.4. The number of fused-ring (bicyclic) bond motifs is 1. The molecule has 1 atom stereocenters. The third-order valence-electron chi connectivity index (χ3n) is 3.92. The van der Waals surface area contributed by atoms with E-state index in [-0.39, 0.29) is 17.5 Å². The summed E-state index contributed by atoms with van der Waals surface area (Å²) in [7, 11) is 0. The Morgan fingerprint density at radius 2 is 2.05 bits per heavy atom. The molecule has 0 aliphatic heterocycles. The van der Waals surface area contributed by atoms with Gasteiger partial charge in [-0.1, -0.05) is 13.8 Å². The predicted molar refractivity (Wildman–Crippen MR) is 90.8 cm³/mol. The first-order valence-electron chi connectivity index (χ1n) is 7.43. The predicted octanol–water partition coefficient (Wildman–Crippen LogP) is 2.85. The van der Waals surface area contributed by atoms with Crippen molar-refractivity contribution in [2.24, 2.45) is 5.92 Å². The molecule has 0 aliphatic rings. The van der Waals surface area contributed by atoms with Crippen LogP contribution in [0.25, 0.3) is 10.9 Å². The van der Waals surface area contributed by atoms with Gasteiger partial charge in [0.15, 0.2) is 4.77 Å². The molecule has 2 rings (SSSR count). The molecule has 0 fully saturated rings. The maximum absolute atomic E-state index is 12.3. The van der Waals surface area contributed by atoms with Gasteiger partial charge in [-0.3, -0.25) is 14.2 Å². The van der Waals surface area contributed by atoms with Crippen LogP contribution in [0.3, 0.4) is 0 Å². The maximum atomic E-state index is 12.3. The van der Waals surface area contributed by atoms with Crippen molar-refractivity contribution in [3.8, 4) is 0 Å². The summed E-state index contributed by atoms with van der Waals surface area (Å²) in [5, 5.41) is 3.48. The Bertz CT molecular complexity index is 820. The third kappa shape index (κ3) is 3.11. The molecule has 1 aromatic heterocycles. The topological polar surface area (TPSA) is 66.9 Å². The van der Waals surface area contributed by atoms with Crippen LogP contribution < -0.4 is 10.9 Å². The summed E-state index contributed by atoms with van der Waals surface area (Å²) in [4.78, 5) is 27.6. The Morgan fingerprint density at radius 3 is 2.64 bits per heavy atom. The molecule has 0 spiro atoms. The van der Waals surface area contributed by atoms with Gasteiger partial charge in [-0.25, -0.2) is 0 Å². The van der Waals surface area contributed by atoms with E-state index >= 15 is 0 Å². The number of nitrogens with one attached hydrogen (secondary N) is 2. The lowest BCUT2D eigenvalue weighted by Crippen LogP contribution is -2.36. The molecule has 118 valence electrons. The van der Waals surface area contributed by atoms with Crippen LogP contribution in [-0.4, -0.2) is 21.5 Å². The lowest BCUT2D eigenvalue weighted by molar-refractivity contribution is 0.0930. The molecule has 0 saturated carbocycles. The van der Waals surface area contributed by atoms with E-state index in [4.69, 9.17) is 12.2 Å². The molecule has 5 nitrogen and oxygen atoms in total. The maximum Gasteiger partial charge on any atom is 0.262 e. The van der Waals surface area contributed by atoms with Crippen LogP contribution in [0.1, 0.15) is 38.1 Å². The minimum atomic E-state index is -0.151. The molecule has 0 aliphatic carbocycles. The molecular weight excluding hydrogens is 298 g/mol. The summed E-state index contributed by atoms with van der Waals surface area (Å²) in [6.07, 6.45) is 0. The number of benzene rings is 1. The smallest absolute Gasteiger partial charge is 0.262 e. The molecule has 2 aromatic rings. The first-order valence-corrected chi connectivity index (χ1v) is 7.83. The van der Waals surface area contributed by atoms with E-state index in [0.29, 0.717) is 33.7 Å². The third-order valence-corrected chi connectivity index (χ3v) is 4.24.